The quantitative estimate of drug-likeness (QED) is 0.687. The van der Waals surface area contributed by atoms with E-state index in [1.165, 1.54) is 5.56 Å². The van der Waals surface area contributed by atoms with Crippen molar-refractivity contribution >= 4 is 19.2 Å². The minimum absolute atomic E-state index is 0.295. The van der Waals surface area contributed by atoms with Crippen LogP contribution in [0.2, 0.25) is 0 Å². The molecule has 0 radical (unpaired) electrons. The molecular formula is C22H23O2P. The van der Waals surface area contributed by atoms with Crippen molar-refractivity contribution in [2.45, 2.75) is 25.9 Å². The van der Waals surface area contributed by atoms with E-state index in [1.54, 1.807) is 13.8 Å². The van der Waals surface area contributed by atoms with Crippen molar-refractivity contribution in [2.75, 3.05) is 0 Å². The number of aromatic hydroxyl groups is 1. The zero-order chi connectivity index (χ0) is 17.9. The molecule has 0 aromatic heterocycles. The van der Waals surface area contributed by atoms with Crippen molar-refractivity contribution in [1.29, 1.82) is 0 Å². The van der Waals surface area contributed by atoms with Crippen molar-refractivity contribution in [3.05, 3.63) is 89.5 Å². The summed E-state index contributed by atoms with van der Waals surface area (Å²) in [6.45, 7) is 3.59. The third-order valence-electron chi connectivity index (χ3n) is 4.21. The van der Waals surface area contributed by atoms with Crippen LogP contribution in [0.25, 0.3) is 0 Å². The largest absolute Gasteiger partial charge is 0.507 e. The topological polar surface area (TPSA) is 40.5 Å². The standard InChI is InChI=1S/C22H23O2P/c1-22(2,24)18-12-6-7-13-19(18)25-20-14-8-11-17(21(20)23)15-16-9-4-3-5-10-16/h3-14,23-25H,15H2,1-2H3. The smallest absolute Gasteiger partial charge is 0.126 e. The molecule has 0 aliphatic carbocycles. The van der Waals surface area contributed by atoms with E-state index in [2.05, 4.69) is 12.1 Å². The second-order valence-electron chi connectivity index (χ2n) is 6.71. The predicted molar refractivity (Wildman–Crippen MR) is 107 cm³/mol. The molecule has 0 aliphatic heterocycles. The second kappa shape index (κ2) is 7.39. The first kappa shape index (κ1) is 17.7. The van der Waals surface area contributed by atoms with Crippen molar-refractivity contribution in [3.8, 4) is 5.75 Å². The number of para-hydroxylation sites is 1. The van der Waals surface area contributed by atoms with Crippen LogP contribution >= 0.6 is 8.58 Å². The van der Waals surface area contributed by atoms with Crippen LogP contribution in [0.1, 0.15) is 30.5 Å². The normalized spacial score (nSPS) is 12.0. The lowest BCUT2D eigenvalue weighted by molar-refractivity contribution is 0.0797. The van der Waals surface area contributed by atoms with Gasteiger partial charge in [0.05, 0.1) is 5.60 Å². The van der Waals surface area contributed by atoms with Crippen LogP contribution in [0.5, 0.6) is 5.75 Å². The van der Waals surface area contributed by atoms with Gasteiger partial charge >= 0.3 is 0 Å². The molecule has 2 N–H and O–H groups in total. The molecule has 3 rings (SSSR count). The molecule has 25 heavy (non-hydrogen) atoms. The van der Waals surface area contributed by atoms with Gasteiger partial charge < -0.3 is 10.2 Å². The summed E-state index contributed by atoms with van der Waals surface area (Å²) < 4.78 is 0. The van der Waals surface area contributed by atoms with Gasteiger partial charge in [-0.25, -0.2) is 0 Å². The second-order valence-corrected chi connectivity index (χ2v) is 8.03. The van der Waals surface area contributed by atoms with Crippen LogP contribution < -0.4 is 10.6 Å². The van der Waals surface area contributed by atoms with Gasteiger partial charge in [-0.05, 0) is 35.8 Å². The van der Waals surface area contributed by atoms with Gasteiger partial charge in [0, 0.05) is 11.7 Å². The van der Waals surface area contributed by atoms with Crippen LogP contribution in [0.3, 0.4) is 0 Å². The highest BCUT2D eigenvalue weighted by Gasteiger charge is 2.20. The summed E-state index contributed by atoms with van der Waals surface area (Å²) in [7, 11) is 0.295. The van der Waals surface area contributed by atoms with Crippen molar-refractivity contribution in [2.24, 2.45) is 0 Å². The number of hydrogen-bond acceptors (Lipinski definition) is 2. The average Bonchev–Trinajstić information content (AvgIpc) is 2.59. The molecule has 0 heterocycles. The van der Waals surface area contributed by atoms with Crippen LogP contribution in [0.4, 0.5) is 0 Å². The van der Waals surface area contributed by atoms with E-state index in [0.29, 0.717) is 20.8 Å². The minimum atomic E-state index is -0.902. The highest BCUT2D eigenvalue weighted by Crippen LogP contribution is 2.28. The van der Waals surface area contributed by atoms with E-state index in [4.69, 9.17) is 0 Å². The summed E-state index contributed by atoms with van der Waals surface area (Å²) in [6.07, 6.45) is 0.706. The van der Waals surface area contributed by atoms with Gasteiger partial charge in [-0.3, -0.25) is 0 Å². The SMILES string of the molecule is CC(C)(O)c1ccccc1Pc1cccc(Cc2ccccc2)c1O. The molecule has 1 unspecified atom stereocenters. The maximum atomic E-state index is 10.7. The first-order valence-corrected chi connectivity index (χ1v) is 9.39. The van der Waals surface area contributed by atoms with E-state index in [0.717, 1.165) is 21.7 Å². The summed E-state index contributed by atoms with van der Waals surface area (Å²) in [5.41, 5.74) is 2.11. The Balaban J connectivity index is 1.91. The molecule has 3 aromatic rings. The van der Waals surface area contributed by atoms with Crippen molar-refractivity contribution in [3.63, 3.8) is 0 Å². The van der Waals surface area contributed by atoms with Gasteiger partial charge in [0.1, 0.15) is 5.75 Å². The number of hydrogen-bond donors (Lipinski definition) is 2. The van der Waals surface area contributed by atoms with E-state index in [9.17, 15) is 10.2 Å². The molecule has 3 heteroatoms. The Morgan fingerprint density at radius 1 is 0.800 bits per heavy atom. The highest BCUT2D eigenvalue weighted by atomic mass is 31.1. The van der Waals surface area contributed by atoms with Gasteiger partial charge in [-0.2, -0.15) is 0 Å². The molecule has 0 amide bonds. The molecule has 128 valence electrons. The molecule has 0 spiro atoms. The first-order chi connectivity index (χ1) is 11.9. The molecule has 0 fully saturated rings. The number of aliphatic hydroxyl groups is 1. The maximum Gasteiger partial charge on any atom is 0.126 e. The molecule has 3 aromatic carbocycles. The third kappa shape index (κ3) is 4.28. The fraction of sp³-hybridized carbons (Fsp3) is 0.182. The van der Waals surface area contributed by atoms with Crippen LogP contribution in [-0.4, -0.2) is 10.2 Å². The molecule has 0 saturated carbocycles. The third-order valence-corrected chi connectivity index (χ3v) is 5.59. The number of phenolic OH excluding ortho intramolecular Hbond substituents is 1. The van der Waals surface area contributed by atoms with Gasteiger partial charge in [-0.1, -0.05) is 81.4 Å². The van der Waals surface area contributed by atoms with Crippen molar-refractivity contribution < 1.29 is 10.2 Å². The summed E-state index contributed by atoms with van der Waals surface area (Å²) in [6, 6.07) is 24.0. The Hall–Kier alpha value is -2.15. The summed E-state index contributed by atoms with van der Waals surface area (Å²) in [5, 5.41) is 23.1. The molecule has 1 atom stereocenters. The monoisotopic (exact) mass is 350 g/mol. The number of phenols is 1. The summed E-state index contributed by atoms with van der Waals surface area (Å²) >= 11 is 0. The Labute approximate surface area is 151 Å². The zero-order valence-corrected chi connectivity index (χ0v) is 15.5. The summed E-state index contributed by atoms with van der Waals surface area (Å²) in [4.78, 5) is 0. The molecule has 0 aliphatic rings. The number of rotatable bonds is 5. The Morgan fingerprint density at radius 3 is 2.16 bits per heavy atom. The Morgan fingerprint density at radius 2 is 1.44 bits per heavy atom. The fourth-order valence-corrected chi connectivity index (χ4v) is 4.37. The van der Waals surface area contributed by atoms with Crippen molar-refractivity contribution in [1.82, 2.24) is 0 Å². The fourth-order valence-electron chi connectivity index (χ4n) is 2.92. The minimum Gasteiger partial charge on any atom is -0.507 e. The molecular weight excluding hydrogens is 327 g/mol. The lowest BCUT2D eigenvalue weighted by Gasteiger charge is -2.22. The van der Waals surface area contributed by atoms with Gasteiger partial charge in [0.2, 0.25) is 0 Å². The van der Waals surface area contributed by atoms with Gasteiger partial charge in [0.25, 0.3) is 0 Å². The van der Waals surface area contributed by atoms with E-state index >= 15 is 0 Å². The molecule has 2 nitrogen and oxygen atoms in total. The molecule has 0 bridgehead atoms. The predicted octanol–water partition coefficient (Wildman–Crippen LogP) is 3.84. The maximum absolute atomic E-state index is 10.7. The van der Waals surface area contributed by atoms with E-state index < -0.39 is 5.60 Å². The van der Waals surface area contributed by atoms with Gasteiger partial charge in [-0.15, -0.1) is 0 Å². The summed E-state index contributed by atoms with van der Waals surface area (Å²) in [5.74, 6) is 0.357. The van der Waals surface area contributed by atoms with Gasteiger partial charge in [0.15, 0.2) is 0 Å². The highest BCUT2D eigenvalue weighted by molar-refractivity contribution is 7.55. The first-order valence-electron chi connectivity index (χ1n) is 8.39. The van der Waals surface area contributed by atoms with Crippen LogP contribution in [0, 0.1) is 0 Å². The van der Waals surface area contributed by atoms with Crippen LogP contribution in [-0.2, 0) is 12.0 Å². The lowest BCUT2D eigenvalue weighted by Crippen LogP contribution is -2.24. The molecule has 0 saturated heterocycles. The Bertz CT molecular complexity index is 851. The van der Waals surface area contributed by atoms with E-state index in [1.807, 2.05) is 60.7 Å². The van der Waals surface area contributed by atoms with Crippen LogP contribution in [0.15, 0.2) is 72.8 Å². The number of benzene rings is 3. The van der Waals surface area contributed by atoms with E-state index in [-0.39, 0.29) is 0 Å². The lowest BCUT2D eigenvalue weighted by atomic mass is 9.99. The zero-order valence-electron chi connectivity index (χ0n) is 14.5. The Kier molecular flexibility index (Phi) is 5.22. The average molecular weight is 350 g/mol.